The van der Waals surface area contributed by atoms with Crippen molar-refractivity contribution in [1.82, 2.24) is 14.5 Å². The highest BCUT2D eigenvalue weighted by atomic mass is 35.5. The SMILES string of the molecule is O=C(NCCN1C(=O)SC(=Cc2cccc(Cl)c2Cl)C1=O)c1ccc(S(=O)(=O)N2CCCCC2)cc1. The molecular formula is C24H23Cl2N3O5S2. The molecule has 0 spiro atoms. The van der Waals surface area contributed by atoms with E-state index in [2.05, 4.69) is 5.32 Å². The number of amides is 3. The highest BCUT2D eigenvalue weighted by Crippen LogP contribution is 2.34. The van der Waals surface area contributed by atoms with Gasteiger partial charge >= 0.3 is 0 Å². The molecule has 0 aromatic heterocycles. The minimum absolute atomic E-state index is 0.0154. The lowest BCUT2D eigenvalue weighted by molar-refractivity contribution is -0.122. The Kier molecular flexibility index (Phi) is 8.41. The number of benzene rings is 2. The molecule has 0 aliphatic carbocycles. The van der Waals surface area contributed by atoms with Crippen molar-refractivity contribution in [3.63, 3.8) is 0 Å². The molecule has 0 radical (unpaired) electrons. The summed E-state index contributed by atoms with van der Waals surface area (Å²) in [5.41, 5.74) is 0.797. The molecule has 3 amide bonds. The quantitative estimate of drug-likeness (QED) is 0.489. The van der Waals surface area contributed by atoms with Gasteiger partial charge in [-0.2, -0.15) is 4.31 Å². The lowest BCUT2D eigenvalue weighted by Gasteiger charge is -2.25. The minimum atomic E-state index is -3.58. The van der Waals surface area contributed by atoms with Crippen molar-refractivity contribution < 1.29 is 22.8 Å². The fraction of sp³-hybridized carbons (Fsp3) is 0.292. The molecule has 0 unspecified atom stereocenters. The number of sulfonamides is 1. The molecule has 2 heterocycles. The zero-order chi connectivity index (χ0) is 25.9. The van der Waals surface area contributed by atoms with Crippen LogP contribution in [-0.2, 0) is 14.8 Å². The van der Waals surface area contributed by atoms with Crippen molar-refractivity contribution in [3.8, 4) is 0 Å². The topological polar surface area (TPSA) is 104 Å². The molecule has 2 aliphatic heterocycles. The number of nitrogens with zero attached hydrogens (tertiary/aromatic N) is 2. The van der Waals surface area contributed by atoms with Gasteiger partial charge in [-0.15, -0.1) is 0 Å². The van der Waals surface area contributed by atoms with E-state index in [4.69, 9.17) is 23.2 Å². The van der Waals surface area contributed by atoms with Gasteiger partial charge in [0.2, 0.25) is 10.0 Å². The molecule has 36 heavy (non-hydrogen) atoms. The molecule has 2 aromatic carbocycles. The zero-order valence-corrected chi connectivity index (χ0v) is 22.2. The number of nitrogens with one attached hydrogen (secondary N) is 1. The fourth-order valence-electron chi connectivity index (χ4n) is 3.88. The number of thioether (sulfide) groups is 1. The Morgan fingerprint density at radius 2 is 1.72 bits per heavy atom. The summed E-state index contributed by atoms with van der Waals surface area (Å²) >= 11 is 13.0. The molecule has 2 saturated heterocycles. The first kappa shape index (κ1) is 26.7. The lowest BCUT2D eigenvalue weighted by atomic mass is 10.2. The first-order valence-corrected chi connectivity index (χ1v) is 14.3. The number of piperidine rings is 1. The van der Waals surface area contributed by atoms with Gasteiger partial charge in [0.25, 0.3) is 17.1 Å². The number of carbonyl (C=O) groups is 3. The summed E-state index contributed by atoms with van der Waals surface area (Å²) in [5, 5.41) is 2.83. The van der Waals surface area contributed by atoms with Gasteiger partial charge in [0.15, 0.2) is 0 Å². The summed E-state index contributed by atoms with van der Waals surface area (Å²) in [6, 6.07) is 10.7. The van der Waals surface area contributed by atoms with Crippen molar-refractivity contribution in [2.45, 2.75) is 24.2 Å². The first-order valence-electron chi connectivity index (χ1n) is 11.3. The van der Waals surface area contributed by atoms with E-state index in [0.717, 1.165) is 35.9 Å². The van der Waals surface area contributed by atoms with Crippen LogP contribution in [0.2, 0.25) is 10.0 Å². The van der Waals surface area contributed by atoms with E-state index >= 15 is 0 Å². The second-order valence-corrected chi connectivity index (χ2v) is 11.9. The number of hydrogen-bond donors (Lipinski definition) is 1. The van der Waals surface area contributed by atoms with Crippen LogP contribution >= 0.6 is 35.0 Å². The normalized spacial score (nSPS) is 18.2. The van der Waals surface area contributed by atoms with E-state index in [1.165, 1.54) is 34.6 Å². The van der Waals surface area contributed by atoms with E-state index in [9.17, 15) is 22.8 Å². The van der Waals surface area contributed by atoms with Crippen molar-refractivity contribution in [3.05, 3.63) is 68.5 Å². The maximum absolute atomic E-state index is 12.8. The third-order valence-electron chi connectivity index (χ3n) is 5.83. The van der Waals surface area contributed by atoms with Crippen LogP contribution in [0.5, 0.6) is 0 Å². The molecule has 0 saturated carbocycles. The Bertz CT molecular complexity index is 1320. The van der Waals surface area contributed by atoms with E-state index in [1.807, 2.05) is 0 Å². The Hall–Kier alpha value is -2.37. The molecule has 4 rings (SSSR count). The molecule has 2 aliphatic rings. The first-order chi connectivity index (χ1) is 17.2. The van der Waals surface area contributed by atoms with Crippen molar-refractivity contribution in [1.29, 1.82) is 0 Å². The van der Waals surface area contributed by atoms with E-state index in [0.29, 0.717) is 23.7 Å². The van der Waals surface area contributed by atoms with Crippen LogP contribution in [0.4, 0.5) is 4.79 Å². The average Bonchev–Trinajstić information content (AvgIpc) is 3.14. The zero-order valence-electron chi connectivity index (χ0n) is 19.1. The van der Waals surface area contributed by atoms with Gasteiger partial charge < -0.3 is 5.32 Å². The summed E-state index contributed by atoms with van der Waals surface area (Å²) in [5.74, 6) is -0.923. The number of hydrogen-bond acceptors (Lipinski definition) is 6. The fourth-order valence-corrected chi connectivity index (χ4v) is 6.62. The van der Waals surface area contributed by atoms with Gasteiger partial charge in [-0.25, -0.2) is 8.42 Å². The van der Waals surface area contributed by atoms with Gasteiger partial charge in [-0.3, -0.25) is 19.3 Å². The molecule has 1 N–H and O–H groups in total. The van der Waals surface area contributed by atoms with Crippen LogP contribution in [0.25, 0.3) is 6.08 Å². The van der Waals surface area contributed by atoms with Crippen molar-refractivity contribution in [2.24, 2.45) is 0 Å². The predicted octanol–water partition coefficient (Wildman–Crippen LogP) is 4.63. The smallest absolute Gasteiger partial charge is 0.293 e. The number of halogens is 2. The predicted molar refractivity (Wildman–Crippen MR) is 141 cm³/mol. The standard InChI is InChI=1S/C24H23Cl2N3O5S2/c25-19-6-4-5-17(21(19)26)15-20-23(31)29(24(32)35-20)14-11-27-22(30)16-7-9-18(10-8-16)36(33,34)28-12-2-1-3-13-28/h4-10,15H,1-3,11-14H2,(H,27,30). The maximum atomic E-state index is 12.8. The van der Waals surface area contributed by atoms with Gasteiger partial charge in [-0.05, 0) is 66.6 Å². The van der Waals surface area contributed by atoms with Gasteiger partial charge in [0, 0.05) is 31.7 Å². The molecule has 0 atom stereocenters. The molecule has 8 nitrogen and oxygen atoms in total. The minimum Gasteiger partial charge on any atom is -0.350 e. The highest BCUT2D eigenvalue weighted by Gasteiger charge is 2.35. The third kappa shape index (κ3) is 5.78. The van der Waals surface area contributed by atoms with Crippen LogP contribution in [-0.4, -0.2) is 60.9 Å². The van der Waals surface area contributed by atoms with Crippen LogP contribution < -0.4 is 5.32 Å². The third-order valence-corrected chi connectivity index (χ3v) is 9.49. The highest BCUT2D eigenvalue weighted by molar-refractivity contribution is 8.18. The van der Waals surface area contributed by atoms with Gasteiger partial charge in [-0.1, -0.05) is 41.8 Å². The summed E-state index contributed by atoms with van der Waals surface area (Å²) in [6.45, 7) is 1.02. The second kappa shape index (κ2) is 11.4. The second-order valence-electron chi connectivity index (χ2n) is 8.22. The molecule has 0 bridgehead atoms. The number of rotatable bonds is 7. The van der Waals surface area contributed by atoms with Crippen molar-refractivity contribution >= 4 is 68.1 Å². The van der Waals surface area contributed by atoms with Crippen LogP contribution in [0.15, 0.2) is 52.3 Å². The molecule has 190 valence electrons. The summed E-state index contributed by atoms with van der Waals surface area (Å²) in [6.07, 6.45) is 4.21. The Morgan fingerprint density at radius 3 is 2.42 bits per heavy atom. The largest absolute Gasteiger partial charge is 0.350 e. The monoisotopic (exact) mass is 567 g/mol. The average molecular weight is 569 g/mol. The molecule has 12 heteroatoms. The van der Waals surface area contributed by atoms with Gasteiger partial charge in [0.1, 0.15) is 0 Å². The van der Waals surface area contributed by atoms with Crippen molar-refractivity contribution in [2.75, 3.05) is 26.2 Å². The van der Waals surface area contributed by atoms with Gasteiger partial charge in [0.05, 0.1) is 19.8 Å². The Labute approximate surface area is 223 Å². The summed E-state index contributed by atoms with van der Waals surface area (Å²) in [4.78, 5) is 38.9. The van der Waals surface area contributed by atoms with E-state index in [1.54, 1.807) is 18.2 Å². The maximum Gasteiger partial charge on any atom is 0.293 e. The lowest BCUT2D eigenvalue weighted by Crippen LogP contribution is -2.37. The Balaban J connectivity index is 1.34. The van der Waals surface area contributed by atoms with Crippen LogP contribution in [0.1, 0.15) is 35.2 Å². The summed E-state index contributed by atoms with van der Waals surface area (Å²) in [7, 11) is -3.58. The molecular weight excluding hydrogens is 545 g/mol. The van der Waals surface area contributed by atoms with Crippen LogP contribution in [0.3, 0.4) is 0 Å². The van der Waals surface area contributed by atoms with E-state index < -0.39 is 27.1 Å². The number of imide groups is 1. The van der Waals surface area contributed by atoms with Crippen LogP contribution in [0, 0.1) is 0 Å². The molecule has 2 fully saturated rings. The molecule has 2 aromatic rings. The Morgan fingerprint density at radius 1 is 1.03 bits per heavy atom. The number of carbonyl (C=O) groups excluding carboxylic acids is 3. The summed E-state index contributed by atoms with van der Waals surface area (Å²) < 4.78 is 27.0. The van der Waals surface area contributed by atoms with E-state index in [-0.39, 0.29) is 33.5 Å².